The highest BCUT2D eigenvalue weighted by molar-refractivity contribution is 5.95. The first-order valence-electron chi connectivity index (χ1n) is 11.1. The van der Waals surface area contributed by atoms with Gasteiger partial charge in [0, 0.05) is 36.8 Å². The number of rotatable bonds is 3. The summed E-state index contributed by atoms with van der Waals surface area (Å²) in [5.74, 6) is 1.13. The summed E-state index contributed by atoms with van der Waals surface area (Å²) in [7, 11) is 0. The number of benzene rings is 1. The molecule has 0 saturated carbocycles. The Hall–Kier alpha value is -3.70. The van der Waals surface area contributed by atoms with Crippen molar-refractivity contribution in [2.24, 2.45) is 0 Å². The summed E-state index contributed by atoms with van der Waals surface area (Å²) in [6.07, 6.45) is 2.16. The van der Waals surface area contributed by atoms with Crippen LogP contribution in [0.1, 0.15) is 39.7 Å². The summed E-state index contributed by atoms with van der Waals surface area (Å²) in [6, 6.07) is 12.4. The molecule has 1 saturated heterocycles. The van der Waals surface area contributed by atoms with Crippen LogP contribution in [0.4, 0.5) is 5.82 Å². The first-order chi connectivity index (χ1) is 16.1. The Kier molecular flexibility index (Phi) is 5.56. The Balaban J connectivity index is 1.50. The standard InChI is InChI=1S/C25H25N5O3/c1-16-14-29(9-10-30(16)25(31)21-13-27-33-17(21)2)24-20(12-26)19-8-11-32-15-22(19)23(28-24)18-6-4-3-5-7-18/h3-7,13,16H,8-11,14-15H2,1-2H3. The number of aryl methyl sites for hydroxylation is 1. The predicted octanol–water partition coefficient (Wildman–Crippen LogP) is 3.34. The Morgan fingerprint density at radius 1 is 1.21 bits per heavy atom. The van der Waals surface area contributed by atoms with Crippen molar-refractivity contribution in [1.82, 2.24) is 15.0 Å². The molecule has 8 heteroatoms. The van der Waals surface area contributed by atoms with Gasteiger partial charge in [-0.1, -0.05) is 35.5 Å². The number of fused-ring (bicyclic) bond motifs is 1. The first-order valence-corrected chi connectivity index (χ1v) is 11.1. The fourth-order valence-corrected chi connectivity index (χ4v) is 4.73. The molecule has 2 aliphatic heterocycles. The zero-order chi connectivity index (χ0) is 22.9. The number of pyridine rings is 1. The largest absolute Gasteiger partial charge is 0.376 e. The molecular formula is C25H25N5O3. The molecule has 4 heterocycles. The van der Waals surface area contributed by atoms with Gasteiger partial charge in [0.05, 0.1) is 30.7 Å². The van der Waals surface area contributed by atoms with E-state index < -0.39 is 0 Å². The van der Waals surface area contributed by atoms with Crippen molar-refractivity contribution in [3.05, 3.63) is 64.5 Å². The average molecular weight is 444 g/mol. The minimum atomic E-state index is -0.0815. The van der Waals surface area contributed by atoms with Gasteiger partial charge in [-0.2, -0.15) is 5.26 Å². The number of hydrogen-bond donors (Lipinski definition) is 0. The summed E-state index contributed by atoms with van der Waals surface area (Å²) < 4.78 is 10.8. The lowest BCUT2D eigenvalue weighted by atomic mass is 9.93. The van der Waals surface area contributed by atoms with Crippen molar-refractivity contribution in [2.75, 3.05) is 31.1 Å². The number of nitrogens with zero attached hydrogens (tertiary/aromatic N) is 5. The van der Waals surface area contributed by atoms with Crippen LogP contribution in [0.5, 0.6) is 0 Å². The second-order valence-corrected chi connectivity index (χ2v) is 8.49. The molecule has 3 aromatic rings. The van der Waals surface area contributed by atoms with E-state index in [2.05, 4.69) is 16.1 Å². The molecule has 2 aliphatic rings. The summed E-state index contributed by atoms with van der Waals surface area (Å²) in [6.45, 7) is 6.51. The summed E-state index contributed by atoms with van der Waals surface area (Å²) in [5, 5.41) is 13.8. The number of piperazine rings is 1. The Morgan fingerprint density at radius 2 is 2.03 bits per heavy atom. The van der Waals surface area contributed by atoms with Gasteiger partial charge in [0.1, 0.15) is 23.2 Å². The maximum Gasteiger partial charge on any atom is 0.259 e. The molecule has 1 amide bonds. The smallest absolute Gasteiger partial charge is 0.259 e. The molecule has 0 spiro atoms. The minimum absolute atomic E-state index is 0.0616. The Bertz CT molecular complexity index is 1230. The van der Waals surface area contributed by atoms with Gasteiger partial charge in [0.15, 0.2) is 0 Å². The van der Waals surface area contributed by atoms with Gasteiger partial charge in [0.2, 0.25) is 0 Å². The quantitative estimate of drug-likeness (QED) is 0.613. The van der Waals surface area contributed by atoms with Gasteiger partial charge < -0.3 is 19.1 Å². The second-order valence-electron chi connectivity index (χ2n) is 8.49. The predicted molar refractivity (Wildman–Crippen MR) is 122 cm³/mol. The first kappa shape index (κ1) is 21.2. The molecule has 1 aromatic carbocycles. The van der Waals surface area contributed by atoms with E-state index in [4.69, 9.17) is 14.2 Å². The van der Waals surface area contributed by atoms with Crippen LogP contribution in [-0.4, -0.2) is 53.2 Å². The number of ether oxygens (including phenoxy) is 1. The van der Waals surface area contributed by atoms with Gasteiger partial charge in [-0.05, 0) is 25.8 Å². The molecule has 1 atom stereocenters. The molecule has 5 rings (SSSR count). The molecular weight excluding hydrogens is 418 g/mol. The van der Waals surface area contributed by atoms with Gasteiger partial charge in [-0.15, -0.1) is 0 Å². The van der Waals surface area contributed by atoms with E-state index in [1.54, 1.807) is 6.92 Å². The summed E-state index contributed by atoms with van der Waals surface area (Å²) in [4.78, 5) is 22.0. The van der Waals surface area contributed by atoms with Crippen LogP contribution in [0.25, 0.3) is 11.3 Å². The maximum atomic E-state index is 13.0. The van der Waals surface area contributed by atoms with Crippen LogP contribution in [0.2, 0.25) is 0 Å². The van der Waals surface area contributed by atoms with Gasteiger partial charge in [0.25, 0.3) is 5.91 Å². The van der Waals surface area contributed by atoms with Gasteiger partial charge in [-0.3, -0.25) is 4.79 Å². The van der Waals surface area contributed by atoms with E-state index in [9.17, 15) is 10.1 Å². The highest BCUT2D eigenvalue weighted by Gasteiger charge is 2.33. The van der Waals surface area contributed by atoms with Crippen LogP contribution >= 0.6 is 0 Å². The van der Waals surface area contributed by atoms with E-state index in [-0.39, 0.29) is 11.9 Å². The number of amides is 1. The SMILES string of the molecule is Cc1oncc1C(=O)N1CCN(c2nc(-c3ccccc3)c3c(c2C#N)CCOC3)CC1C. The van der Waals surface area contributed by atoms with Crippen LogP contribution in [0.15, 0.2) is 41.1 Å². The number of nitriles is 1. The topological polar surface area (TPSA) is 95.5 Å². The number of anilines is 1. The Labute approximate surface area is 192 Å². The lowest BCUT2D eigenvalue weighted by molar-refractivity contribution is 0.0671. The monoisotopic (exact) mass is 443 g/mol. The average Bonchev–Trinajstić information content (AvgIpc) is 3.28. The fraction of sp³-hybridized carbons (Fsp3) is 0.360. The van der Waals surface area contributed by atoms with Crippen molar-refractivity contribution in [1.29, 1.82) is 5.26 Å². The summed E-state index contributed by atoms with van der Waals surface area (Å²) in [5.41, 5.74) is 5.01. The van der Waals surface area contributed by atoms with E-state index in [1.165, 1.54) is 6.20 Å². The van der Waals surface area contributed by atoms with Crippen molar-refractivity contribution in [2.45, 2.75) is 32.9 Å². The minimum Gasteiger partial charge on any atom is -0.376 e. The molecule has 33 heavy (non-hydrogen) atoms. The zero-order valence-electron chi connectivity index (χ0n) is 18.7. The molecule has 1 unspecified atom stereocenters. The lowest BCUT2D eigenvalue weighted by Gasteiger charge is -2.41. The second kappa shape index (κ2) is 8.68. The lowest BCUT2D eigenvalue weighted by Crippen LogP contribution is -2.54. The van der Waals surface area contributed by atoms with Crippen LogP contribution in [0.3, 0.4) is 0 Å². The summed E-state index contributed by atoms with van der Waals surface area (Å²) >= 11 is 0. The molecule has 168 valence electrons. The highest BCUT2D eigenvalue weighted by Crippen LogP contribution is 2.35. The van der Waals surface area contributed by atoms with E-state index in [0.717, 1.165) is 22.4 Å². The number of hydrogen-bond acceptors (Lipinski definition) is 7. The van der Waals surface area contributed by atoms with Crippen molar-refractivity contribution >= 4 is 11.7 Å². The molecule has 2 aromatic heterocycles. The highest BCUT2D eigenvalue weighted by atomic mass is 16.5. The number of carbonyl (C=O) groups excluding carboxylic acids is 1. The van der Waals surface area contributed by atoms with Crippen LogP contribution in [-0.2, 0) is 17.8 Å². The van der Waals surface area contributed by atoms with Crippen molar-refractivity contribution < 1.29 is 14.1 Å². The zero-order valence-corrected chi connectivity index (χ0v) is 18.7. The fourth-order valence-electron chi connectivity index (χ4n) is 4.73. The normalized spacial score (nSPS) is 18.0. The molecule has 1 fully saturated rings. The third-order valence-electron chi connectivity index (χ3n) is 6.46. The molecule has 0 radical (unpaired) electrons. The van der Waals surface area contributed by atoms with Crippen LogP contribution < -0.4 is 4.90 Å². The Morgan fingerprint density at radius 3 is 2.73 bits per heavy atom. The molecule has 0 N–H and O–H groups in total. The van der Waals surface area contributed by atoms with Gasteiger partial charge in [-0.25, -0.2) is 4.98 Å². The maximum absolute atomic E-state index is 13.0. The third kappa shape index (κ3) is 3.74. The van der Waals surface area contributed by atoms with E-state index in [0.29, 0.717) is 62.0 Å². The van der Waals surface area contributed by atoms with Crippen molar-refractivity contribution in [3.63, 3.8) is 0 Å². The third-order valence-corrected chi connectivity index (χ3v) is 6.46. The van der Waals surface area contributed by atoms with E-state index in [1.807, 2.05) is 42.2 Å². The van der Waals surface area contributed by atoms with Gasteiger partial charge >= 0.3 is 0 Å². The molecule has 8 nitrogen and oxygen atoms in total. The van der Waals surface area contributed by atoms with Crippen molar-refractivity contribution in [3.8, 4) is 17.3 Å². The molecule has 0 aliphatic carbocycles. The van der Waals surface area contributed by atoms with E-state index >= 15 is 0 Å². The number of carbonyl (C=O) groups is 1. The number of aromatic nitrogens is 2. The van der Waals surface area contributed by atoms with Crippen LogP contribution in [0, 0.1) is 18.3 Å². The molecule has 0 bridgehead atoms.